The zero-order valence-electron chi connectivity index (χ0n) is 10.1. The van der Waals surface area contributed by atoms with Crippen LogP contribution in [0.3, 0.4) is 0 Å². The number of carbonyl (C=O) groups is 1. The third-order valence-electron chi connectivity index (χ3n) is 2.32. The molecule has 0 aliphatic rings. The Hall–Kier alpha value is -1.64. The van der Waals surface area contributed by atoms with E-state index in [9.17, 15) is 13.2 Å². The molecule has 0 spiro atoms. The van der Waals surface area contributed by atoms with E-state index in [0.717, 1.165) is 23.5 Å². The number of carboxylic acid groups (broad SMARTS) is 1. The minimum Gasteiger partial charge on any atom is -0.478 e. The molecule has 2 rings (SSSR count). The van der Waals surface area contributed by atoms with Crippen LogP contribution in [0.2, 0.25) is 5.02 Å². The maximum atomic E-state index is 12.1. The second kappa shape index (κ2) is 5.39. The number of nitrogens with zero attached hydrogens (tertiary/aromatic N) is 1. The molecule has 9 heteroatoms. The van der Waals surface area contributed by atoms with Gasteiger partial charge in [0, 0.05) is 5.38 Å². The summed E-state index contributed by atoms with van der Waals surface area (Å²) in [5, 5.41) is 10.6. The normalized spacial score (nSPS) is 11.3. The van der Waals surface area contributed by atoms with Crippen LogP contribution in [0.25, 0.3) is 0 Å². The molecule has 0 atom stereocenters. The first-order valence-electron chi connectivity index (χ1n) is 5.27. The van der Waals surface area contributed by atoms with E-state index in [2.05, 4.69) is 9.71 Å². The summed E-state index contributed by atoms with van der Waals surface area (Å²) in [7, 11) is -3.84. The standard InChI is InChI=1S/C11H9ClN2O4S2/c1-6-5-19-11(13-6)14-20(17,18)7-2-3-8(10(15)16)9(12)4-7/h2-5H,1H3,(H,13,14)(H,15,16). The SMILES string of the molecule is Cc1csc(NS(=O)(=O)c2ccc(C(=O)O)c(Cl)c2)n1. The zero-order chi connectivity index (χ0) is 14.9. The molecule has 0 saturated heterocycles. The van der Waals surface area contributed by atoms with Crippen LogP contribution in [0.1, 0.15) is 16.1 Å². The van der Waals surface area contributed by atoms with Crippen LogP contribution in [-0.4, -0.2) is 24.5 Å². The number of nitrogens with one attached hydrogen (secondary N) is 1. The molecule has 0 fully saturated rings. The summed E-state index contributed by atoms with van der Waals surface area (Å²) in [4.78, 5) is 14.7. The van der Waals surface area contributed by atoms with Crippen LogP contribution in [0.4, 0.5) is 5.13 Å². The Bertz CT molecular complexity index is 770. The molecular weight excluding hydrogens is 324 g/mol. The molecule has 0 aliphatic heterocycles. The van der Waals surface area contributed by atoms with E-state index < -0.39 is 16.0 Å². The largest absolute Gasteiger partial charge is 0.478 e. The Kier molecular flexibility index (Phi) is 3.98. The van der Waals surface area contributed by atoms with E-state index in [1.54, 1.807) is 12.3 Å². The highest BCUT2D eigenvalue weighted by Crippen LogP contribution is 2.24. The third-order valence-corrected chi connectivity index (χ3v) is 4.98. The molecule has 0 saturated carbocycles. The Balaban J connectivity index is 2.35. The van der Waals surface area contributed by atoms with Crippen LogP contribution in [-0.2, 0) is 10.0 Å². The number of hydrogen-bond donors (Lipinski definition) is 2. The molecule has 0 amide bonds. The van der Waals surface area contributed by atoms with E-state index >= 15 is 0 Å². The van der Waals surface area contributed by atoms with E-state index in [0.29, 0.717) is 5.69 Å². The third kappa shape index (κ3) is 3.09. The average Bonchev–Trinajstić information content (AvgIpc) is 2.73. The van der Waals surface area contributed by atoms with E-state index in [1.165, 1.54) is 6.07 Å². The molecule has 2 N–H and O–H groups in total. The highest BCUT2D eigenvalue weighted by molar-refractivity contribution is 7.93. The van der Waals surface area contributed by atoms with Gasteiger partial charge >= 0.3 is 5.97 Å². The van der Waals surface area contributed by atoms with Crippen LogP contribution >= 0.6 is 22.9 Å². The number of hydrogen-bond acceptors (Lipinski definition) is 5. The summed E-state index contributed by atoms with van der Waals surface area (Å²) in [5.41, 5.74) is 0.544. The summed E-state index contributed by atoms with van der Waals surface area (Å²) in [6.45, 7) is 1.74. The molecule has 20 heavy (non-hydrogen) atoms. The van der Waals surface area contributed by atoms with Crippen molar-refractivity contribution < 1.29 is 18.3 Å². The summed E-state index contributed by atoms with van der Waals surface area (Å²) >= 11 is 6.91. The number of anilines is 1. The fraction of sp³-hybridized carbons (Fsp3) is 0.0909. The molecule has 0 bridgehead atoms. The van der Waals surface area contributed by atoms with Gasteiger partial charge in [-0.3, -0.25) is 4.72 Å². The number of aromatic nitrogens is 1. The first kappa shape index (κ1) is 14.8. The zero-order valence-corrected chi connectivity index (χ0v) is 12.5. The number of halogens is 1. The summed E-state index contributed by atoms with van der Waals surface area (Å²) in [6, 6.07) is 3.41. The van der Waals surface area contributed by atoms with Crippen LogP contribution in [0.5, 0.6) is 0 Å². The first-order valence-corrected chi connectivity index (χ1v) is 8.01. The molecule has 106 valence electrons. The van der Waals surface area contributed by atoms with Gasteiger partial charge < -0.3 is 5.11 Å². The van der Waals surface area contributed by atoms with Crippen molar-refractivity contribution in [3.8, 4) is 0 Å². The van der Waals surface area contributed by atoms with Gasteiger partial charge in [-0.15, -0.1) is 11.3 Å². The minimum atomic E-state index is -3.84. The number of thiazole rings is 1. The molecule has 0 unspecified atom stereocenters. The van der Waals surface area contributed by atoms with Gasteiger partial charge in [0.25, 0.3) is 10.0 Å². The fourth-order valence-corrected chi connectivity index (χ4v) is 3.70. The molecular formula is C11H9ClN2O4S2. The topological polar surface area (TPSA) is 96.4 Å². The Morgan fingerprint density at radius 3 is 2.65 bits per heavy atom. The fourth-order valence-electron chi connectivity index (χ4n) is 1.41. The quantitative estimate of drug-likeness (QED) is 0.897. The number of carboxylic acids is 1. The highest BCUT2D eigenvalue weighted by Gasteiger charge is 2.19. The lowest BCUT2D eigenvalue weighted by molar-refractivity contribution is 0.0697. The number of aromatic carboxylic acids is 1. The average molecular weight is 333 g/mol. The molecule has 1 aromatic carbocycles. The van der Waals surface area contributed by atoms with Crippen LogP contribution in [0, 0.1) is 6.92 Å². The van der Waals surface area contributed by atoms with Gasteiger partial charge in [0.15, 0.2) is 5.13 Å². The summed E-state index contributed by atoms with van der Waals surface area (Å²) in [6.07, 6.45) is 0. The van der Waals surface area contributed by atoms with Crippen LogP contribution < -0.4 is 4.72 Å². The van der Waals surface area contributed by atoms with Crippen molar-refractivity contribution in [2.24, 2.45) is 0 Å². The van der Waals surface area contributed by atoms with Crippen molar-refractivity contribution in [1.29, 1.82) is 0 Å². The maximum Gasteiger partial charge on any atom is 0.337 e. The van der Waals surface area contributed by atoms with Crippen molar-refractivity contribution in [2.75, 3.05) is 4.72 Å². The van der Waals surface area contributed by atoms with Gasteiger partial charge in [0.1, 0.15) is 0 Å². The lowest BCUT2D eigenvalue weighted by Gasteiger charge is -2.06. The number of aryl methyl sites for hydroxylation is 1. The van der Waals surface area contributed by atoms with Gasteiger partial charge in [0.2, 0.25) is 0 Å². The molecule has 0 radical (unpaired) electrons. The number of sulfonamides is 1. The van der Waals surface area contributed by atoms with Crippen LogP contribution in [0.15, 0.2) is 28.5 Å². The summed E-state index contributed by atoms with van der Waals surface area (Å²) < 4.78 is 26.5. The first-order chi connectivity index (χ1) is 9.29. The second-order valence-corrected chi connectivity index (χ2v) is 6.79. The lowest BCUT2D eigenvalue weighted by Crippen LogP contribution is -2.13. The van der Waals surface area contributed by atoms with E-state index in [4.69, 9.17) is 16.7 Å². The van der Waals surface area contributed by atoms with Gasteiger partial charge in [-0.25, -0.2) is 18.2 Å². The molecule has 2 aromatic rings. The Morgan fingerprint density at radius 2 is 2.15 bits per heavy atom. The smallest absolute Gasteiger partial charge is 0.337 e. The predicted octanol–water partition coefficient (Wildman–Crippen LogP) is 2.60. The second-order valence-electron chi connectivity index (χ2n) is 3.85. The Morgan fingerprint density at radius 1 is 1.45 bits per heavy atom. The number of rotatable bonds is 4. The van der Waals surface area contributed by atoms with Gasteiger partial charge in [-0.2, -0.15) is 0 Å². The number of benzene rings is 1. The van der Waals surface area contributed by atoms with Crippen molar-refractivity contribution in [3.63, 3.8) is 0 Å². The monoisotopic (exact) mass is 332 g/mol. The lowest BCUT2D eigenvalue weighted by atomic mass is 10.2. The molecule has 1 aromatic heterocycles. The van der Waals surface area contributed by atoms with E-state index in [1.807, 2.05) is 0 Å². The van der Waals surface area contributed by atoms with Gasteiger partial charge in [-0.1, -0.05) is 11.6 Å². The predicted molar refractivity (Wildman–Crippen MR) is 76.1 cm³/mol. The highest BCUT2D eigenvalue weighted by atomic mass is 35.5. The summed E-state index contributed by atoms with van der Waals surface area (Å²) in [5.74, 6) is -1.22. The van der Waals surface area contributed by atoms with Gasteiger partial charge in [-0.05, 0) is 25.1 Å². The molecule has 6 nitrogen and oxygen atoms in total. The molecule has 1 heterocycles. The van der Waals surface area contributed by atoms with Crippen molar-refractivity contribution in [3.05, 3.63) is 39.9 Å². The Labute approximate surface area is 124 Å². The van der Waals surface area contributed by atoms with Crippen molar-refractivity contribution in [2.45, 2.75) is 11.8 Å². The van der Waals surface area contributed by atoms with E-state index in [-0.39, 0.29) is 20.6 Å². The van der Waals surface area contributed by atoms with Crippen molar-refractivity contribution >= 4 is 44.1 Å². The van der Waals surface area contributed by atoms with Crippen molar-refractivity contribution in [1.82, 2.24) is 4.98 Å². The molecule has 0 aliphatic carbocycles. The maximum absolute atomic E-state index is 12.1. The minimum absolute atomic E-state index is 0.125. The van der Waals surface area contributed by atoms with Gasteiger partial charge in [0.05, 0.1) is 21.2 Å².